The first-order valence-electron chi connectivity index (χ1n) is 10.4. The summed E-state index contributed by atoms with van der Waals surface area (Å²) >= 11 is 3.83. The highest BCUT2D eigenvalue weighted by Gasteiger charge is 2.59. The molecule has 166 valence electrons. The summed E-state index contributed by atoms with van der Waals surface area (Å²) < 4.78 is 30.4. The zero-order chi connectivity index (χ0) is 21.0. The molecule has 4 heterocycles. The fraction of sp³-hybridized carbons (Fsp3) is 0.950. The van der Waals surface area contributed by atoms with E-state index in [0.29, 0.717) is 6.61 Å². The number of hydrogen-bond donors (Lipinski definition) is 0. The molecule has 1 amide bonds. The molecule has 0 aliphatic carbocycles. The summed E-state index contributed by atoms with van der Waals surface area (Å²) in [5.74, 6) is 0.834. The maximum absolute atomic E-state index is 13.0. The average Bonchev–Trinajstić information content (AvgIpc) is 3.19. The van der Waals surface area contributed by atoms with Crippen LogP contribution in [0.5, 0.6) is 0 Å². The largest absolute Gasteiger partial charge is 0.369 e. The van der Waals surface area contributed by atoms with Gasteiger partial charge in [0.25, 0.3) is 5.91 Å². The van der Waals surface area contributed by atoms with E-state index in [1.165, 1.54) is 6.42 Å². The number of thioether (sulfide) groups is 2. The van der Waals surface area contributed by atoms with Crippen molar-refractivity contribution in [3.63, 3.8) is 0 Å². The summed E-state index contributed by atoms with van der Waals surface area (Å²) in [4.78, 5) is 14.9. The monoisotopic (exact) mass is 447 g/mol. The highest BCUT2D eigenvalue weighted by Crippen LogP contribution is 2.46. The molecule has 0 aromatic carbocycles. The van der Waals surface area contributed by atoms with Crippen LogP contribution < -0.4 is 0 Å². The van der Waals surface area contributed by atoms with Gasteiger partial charge in [-0.2, -0.15) is 0 Å². The van der Waals surface area contributed by atoms with Crippen LogP contribution in [-0.4, -0.2) is 88.7 Å². The third-order valence-electron chi connectivity index (χ3n) is 5.98. The van der Waals surface area contributed by atoms with Gasteiger partial charge in [0.2, 0.25) is 0 Å². The summed E-state index contributed by atoms with van der Waals surface area (Å²) in [5.41, 5.74) is 0. The van der Waals surface area contributed by atoms with Crippen molar-refractivity contribution < 1.29 is 28.5 Å². The quantitative estimate of drug-likeness (QED) is 0.596. The molecular formula is C20H33NO6S2. The van der Waals surface area contributed by atoms with Gasteiger partial charge in [-0.05, 0) is 52.5 Å². The zero-order valence-electron chi connectivity index (χ0n) is 18.1. The van der Waals surface area contributed by atoms with Crippen LogP contribution in [0.15, 0.2) is 0 Å². The number of methoxy groups -OCH3 is 1. The van der Waals surface area contributed by atoms with E-state index in [-0.39, 0.29) is 47.0 Å². The highest BCUT2D eigenvalue weighted by molar-refractivity contribution is 8.17. The van der Waals surface area contributed by atoms with Crippen molar-refractivity contribution in [2.24, 2.45) is 0 Å². The van der Waals surface area contributed by atoms with E-state index < -0.39 is 11.6 Å². The fourth-order valence-corrected chi connectivity index (χ4v) is 7.93. The number of carbonyl (C=O) groups excluding carboxylic acids is 1. The van der Waals surface area contributed by atoms with Crippen molar-refractivity contribution in [1.29, 1.82) is 0 Å². The van der Waals surface area contributed by atoms with E-state index in [0.717, 1.165) is 11.5 Å². The Bertz CT molecular complexity index is 626. The van der Waals surface area contributed by atoms with Crippen LogP contribution >= 0.6 is 23.5 Å². The summed E-state index contributed by atoms with van der Waals surface area (Å²) in [6.45, 7) is 10.2. The van der Waals surface area contributed by atoms with Gasteiger partial charge in [-0.1, -0.05) is 0 Å². The second-order valence-electron chi connectivity index (χ2n) is 9.03. The fourth-order valence-electron chi connectivity index (χ4n) is 4.73. The van der Waals surface area contributed by atoms with Gasteiger partial charge >= 0.3 is 0 Å². The van der Waals surface area contributed by atoms with Crippen LogP contribution in [0, 0.1) is 0 Å². The van der Waals surface area contributed by atoms with Crippen molar-refractivity contribution in [3.05, 3.63) is 0 Å². The van der Waals surface area contributed by atoms with Gasteiger partial charge in [-0.3, -0.25) is 4.79 Å². The Kier molecular flexibility index (Phi) is 6.23. The van der Waals surface area contributed by atoms with E-state index in [9.17, 15) is 4.79 Å². The van der Waals surface area contributed by atoms with E-state index in [1.54, 1.807) is 7.11 Å². The van der Waals surface area contributed by atoms with Crippen LogP contribution in [0.25, 0.3) is 0 Å². The second kappa shape index (κ2) is 8.15. The third-order valence-corrected chi connectivity index (χ3v) is 9.06. The molecule has 4 saturated heterocycles. The maximum atomic E-state index is 13.0. The van der Waals surface area contributed by atoms with Crippen LogP contribution in [-0.2, 0) is 28.5 Å². The number of amides is 1. The van der Waals surface area contributed by atoms with Gasteiger partial charge < -0.3 is 28.6 Å². The number of rotatable bonds is 5. The van der Waals surface area contributed by atoms with Gasteiger partial charge in [0.1, 0.15) is 18.3 Å². The van der Waals surface area contributed by atoms with E-state index >= 15 is 0 Å². The van der Waals surface area contributed by atoms with Gasteiger partial charge in [-0.25, -0.2) is 0 Å². The van der Waals surface area contributed by atoms with E-state index in [4.69, 9.17) is 23.7 Å². The minimum absolute atomic E-state index is 0.00535. The standard InChI is InChI=1S/C20H33NO6S2/c1-11-14(23-6)17(22)21(11)13(18-28-8-7-9-29-18)16-15(26-20(4,5)27-16)12-10-24-19(2,3)25-12/h11-16,18H,7-10H2,1-6H3/t11-,12-,13-,14+,15?,16?/m1/s1. The molecule has 4 aliphatic rings. The molecule has 2 unspecified atom stereocenters. The lowest BCUT2D eigenvalue weighted by Gasteiger charge is -2.52. The molecule has 0 bridgehead atoms. The van der Waals surface area contributed by atoms with Gasteiger partial charge in [0, 0.05) is 7.11 Å². The number of nitrogens with zero attached hydrogens (tertiary/aromatic N) is 1. The maximum Gasteiger partial charge on any atom is 0.254 e. The Morgan fingerprint density at radius 2 is 1.79 bits per heavy atom. The van der Waals surface area contributed by atoms with Crippen LogP contribution in [0.2, 0.25) is 0 Å². The Balaban J connectivity index is 1.63. The number of carbonyl (C=O) groups is 1. The lowest BCUT2D eigenvalue weighted by atomic mass is 9.92. The molecule has 6 atom stereocenters. The summed E-state index contributed by atoms with van der Waals surface area (Å²) in [6.07, 6.45) is -0.0214. The molecule has 9 heteroatoms. The SMILES string of the molecule is CO[C@@H]1C(=O)N([C@@H](C2SCCCS2)C2OC(C)(C)OC2[C@H]2COC(C)(C)O2)[C@@H]1C. The highest BCUT2D eigenvalue weighted by atomic mass is 32.2. The molecule has 4 rings (SSSR count). The first-order valence-corrected chi connectivity index (χ1v) is 12.5. The first-order chi connectivity index (χ1) is 13.6. The van der Waals surface area contributed by atoms with Crippen molar-refractivity contribution in [2.75, 3.05) is 25.2 Å². The molecule has 0 spiro atoms. The zero-order valence-corrected chi connectivity index (χ0v) is 19.7. The number of hydrogen-bond acceptors (Lipinski definition) is 8. The Morgan fingerprint density at radius 1 is 1.10 bits per heavy atom. The molecular weight excluding hydrogens is 414 g/mol. The minimum atomic E-state index is -0.745. The lowest BCUT2D eigenvalue weighted by Crippen LogP contribution is -2.72. The van der Waals surface area contributed by atoms with Gasteiger partial charge in [-0.15, -0.1) is 23.5 Å². The number of β-lactam (4-membered cyclic amide) rings is 1. The molecule has 0 saturated carbocycles. The molecule has 0 aromatic heterocycles. The molecule has 4 fully saturated rings. The predicted molar refractivity (Wildman–Crippen MR) is 113 cm³/mol. The molecule has 0 radical (unpaired) electrons. The molecule has 0 N–H and O–H groups in total. The van der Waals surface area contributed by atoms with Crippen molar-refractivity contribution in [2.45, 2.75) is 93.7 Å². The Hall–Kier alpha value is -0.0300. The molecule has 7 nitrogen and oxygen atoms in total. The van der Waals surface area contributed by atoms with Gasteiger partial charge in [0.05, 0.1) is 23.3 Å². The number of likely N-dealkylation sites (tertiary alicyclic amines) is 1. The van der Waals surface area contributed by atoms with Gasteiger partial charge in [0.15, 0.2) is 17.7 Å². The summed E-state index contributed by atoms with van der Waals surface area (Å²) in [6, 6.07) is -0.107. The predicted octanol–water partition coefficient (Wildman–Crippen LogP) is 2.47. The van der Waals surface area contributed by atoms with Crippen LogP contribution in [0.1, 0.15) is 41.0 Å². The van der Waals surface area contributed by atoms with E-state index in [2.05, 4.69) is 6.92 Å². The molecule has 29 heavy (non-hydrogen) atoms. The first kappa shape index (κ1) is 22.2. The second-order valence-corrected chi connectivity index (χ2v) is 11.8. The normalized spacial score (nSPS) is 40.8. The summed E-state index contributed by atoms with van der Waals surface area (Å²) in [5, 5.41) is 0. The lowest BCUT2D eigenvalue weighted by molar-refractivity contribution is -0.184. The van der Waals surface area contributed by atoms with Crippen molar-refractivity contribution in [1.82, 2.24) is 4.90 Å². The Morgan fingerprint density at radius 3 is 2.34 bits per heavy atom. The minimum Gasteiger partial charge on any atom is -0.369 e. The van der Waals surface area contributed by atoms with E-state index in [1.807, 2.05) is 56.1 Å². The van der Waals surface area contributed by atoms with Crippen LogP contribution in [0.3, 0.4) is 0 Å². The van der Waals surface area contributed by atoms with Crippen molar-refractivity contribution >= 4 is 29.4 Å². The summed E-state index contributed by atoms with van der Waals surface area (Å²) in [7, 11) is 1.60. The smallest absolute Gasteiger partial charge is 0.254 e. The molecule has 0 aromatic rings. The van der Waals surface area contributed by atoms with Crippen molar-refractivity contribution in [3.8, 4) is 0 Å². The molecule has 4 aliphatic heterocycles. The topological polar surface area (TPSA) is 66.5 Å². The average molecular weight is 448 g/mol. The van der Waals surface area contributed by atoms with Crippen LogP contribution in [0.4, 0.5) is 0 Å². The number of ether oxygens (including phenoxy) is 5. The third kappa shape index (κ3) is 4.21. The Labute approximate surface area is 181 Å².